The van der Waals surface area contributed by atoms with Crippen molar-refractivity contribution in [3.63, 3.8) is 0 Å². The van der Waals surface area contributed by atoms with Crippen LogP contribution in [-0.4, -0.2) is 12.6 Å². The minimum absolute atomic E-state index is 0.0629. The lowest BCUT2D eigenvalue weighted by molar-refractivity contribution is -0.145. The van der Waals surface area contributed by atoms with E-state index in [1.54, 1.807) is 0 Å². The van der Waals surface area contributed by atoms with E-state index in [-0.39, 0.29) is 18.5 Å². The number of hydrogen-bond donors (Lipinski definition) is 0. The average molecular weight is 164 g/mol. The second-order valence-electron chi connectivity index (χ2n) is 2.78. The number of hydrogen-bond acceptors (Lipinski definition) is 2. The van der Waals surface area contributed by atoms with Gasteiger partial charge in [0, 0.05) is 0 Å². The van der Waals surface area contributed by atoms with E-state index in [9.17, 15) is 4.79 Å². The molecule has 1 aliphatic carbocycles. The fourth-order valence-corrected chi connectivity index (χ4v) is 1.23. The highest BCUT2D eigenvalue weighted by Gasteiger charge is 2.17. The Morgan fingerprint density at radius 1 is 1.75 bits per heavy atom. The summed E-state index contributed by atoms with van der Waals surface area (Å²) in [6.45, 7) is 0.0865. The number of carbonyl (C=O) groups is 1. The summed E-state index contributed by atoms with van der Waals surface area (Å²) in [5, 5.41) is 0. The third-order valence-corrected chi connectivity index (χ3v) is 1.85. The second-order valence-corrected chi connectivity index (χ2v) is 2.78. The Bertz CT molecular complexity index is 222. The van der Waals surface area contributed by atoms with Gasteiger partial charge in [-0.15, -0.1) is 6.42 Å². The van der Waals surface area contributed by atoms with Crippen molar-refractivity contribution in [3.05, 3.63) is 12.2 Å². The molecule has 64 valence electrons. The van der Waals surface area contributed by atoms with E-state index in [2.05, 4.69) is 5.92 Å². The lowest BCUT2D eigenvalue weighted by atomic mass is 9.96. The Morgan fingerprint density at radius 2 is 2.58 bits per heavy atom. The maximum absolute atomic E-state index is 11.2. The fourth-order valence-electron chi connectivity index (χ4n) is 1.23. The van der Waals surface area contributed by atoms with Crippen LogP contribution in [-0.2, 0) is 9.53 Å². The largest absolute Gasteiger partial charge is 0.452 e. The molecule has 0 heterocycles. The van der Waals surface area contributed by atoms with Crippen LogP contribution in [0.2, 0.25) is 0 Å². The maximum atomic E-state index is 11.2. The zero-order chi connectivity index (χ0) is 8.81. The molecule has 0 spiro atoms. The van der Waals surface area contributed by atoms with Crippen LogP contribution < -0.4 is 0 Å². The lowest BCUT2D eigenvalue weighted by Crippen LogP contribution is -2.17. The van der Waals surface area contributed by atoms with Crippen molar-refractivity contribution in [2.75, 3.05) is 6.61 Å². The van der Waals surface area contributed by atoms with Crippen LogP contribution in [0.3, 0.4) is 0 Å². The molecule has 2 heteroatoms. The van der Waals surface area contributed by atoms with Gasteiger partial charge in [-0.1, -0.05) is 18.1 Å². The summed E-state index contributed by atoms with van der Waals surface area (Å²) in [5.41, 5.74) is 0. The number of carbonyl (C=O) groups excluding carboxylic acids is 1. The van der Waals surface area contributed by atoms with Crippen molar-refractivity contribution in [1.29, 1.82) is 0 Å². The molecule has 0 N–H and O–H groups in total. The van der Waals surface area contributed by atoms with E-state index < -0.39 is 0 Å². The van der Waals surface area contributed by atoms with Crippen LogP contribution in [0.4, 0.5) is 0 Å². The molecule has 0 saturated carbocycles. The van der Waals surface area contributed by atoms with Crippen molar-refractivity contribution < 1.29 is 9.53 Å². The van der Waals surface area contributed by atoms with Gasteiger partial charge in [0.1, 0.15) is 0 Å². The smallest absolute Gasteiger partial charge is 0.313 e. The quantitative estimate of drug-likeness (QED) is 0.351. The van der Waals surface area contributed by atoms with Gasteiger partial charge in [0.05, 0.1) is 5.92 Å². The van der Waals surface area contributed by atoms with E-state index in [1.165, 1.54) is 0 Å². The van der Waals surface area contributed by atoms with E-state index >= 15 is 0 Å². The molecule has 1 aliphatic rings. The van der Waals surface area contributed by atoms with Crippen LogP contribution in [0.5, 0.6) is 0 Å². The Balaban J connectivity index is 2.36. The number of rotatable bonds is 2. The van der Waals surface area contributed by atoms with Crippen molar-refractivity contribution in [3.8, 4) is 12.3 Å². The normalized spacial score (nSPS) is 21.4. The summed E-state index contributed by atoms with van der Waals surface area (Å²) in [5.74, 6) is 2.02. The fraction of sp³-hybridized carbons (Fsp3) is 0.500. The van der Waals surface area contributed by atoms with Crippen molar-refractivity contribution >= 4 is 5.97 Å². The molecule has 0 aromatic carbocycles. The van der Waals surface area contributed by atoms with Crippen LogP contribution in [0.1, 0.15) is 19.3 Å². The number of ether oxygens (including phenoxy) is 1. The van der Waals surface area contributed by atoms with Crippen LogP contribution >= 0.6 is 0 Å². The van der Waals surface area contributed by atoms with Gasteiger partial charge in [-0.2, -0.15) is 0 Å². The standard InChI is InChI=1S/C10H12O2/c1-2-8-12-10(11)9-6-4-3-5-7-9/h1,4,6,9H,3,5,7-8H2. The summed E-state index contributed by atoms with van der Waals surface area (Å²) in [6, 6.07) is 0. The molecule has 1 atom stereocenters. The Hall–Kier alpha value is -1.23. The second kappa shape index (κ2) is 4.61. The summed E-state index contributed by atoms with van der Waals surface area (Å²) >= 11 is 0. The summed E-state index contributed by atoms with van der Waals surface area (Å²) in [7, 11) is 0. The highest BCUT2D eigenvalue weighted by atomic mass is 16.5. The Labute approximate surface area is 72.6 Å². The SMILES string of the molecule is C#CCOC(=O)C1C=CCCC1. The molecule has 0 radical (unpaired) electrons. The Morgan fingerprint density at radius 3 is 3.17 bits per heavy atom. The summed E-state index contributed by atoms with van der Waals surface area (Å²) < 4.78 is 4.80. The van der Waals surface area contributed by atoms with E-state index in [1.807, 2.05) is 12.2 Å². The highest BCUT2D eigenvalue weighted by Crippen LogP contribution is 2.17. The molecule has 0 saturated heterocycles. The molecular formula is C10H12O2. The zero-order valence-electron chi connectivity index (χ0n) is 6.95. The summed E-state index contributed by atoms with van der Waals surface area (Å²) in [4.78, 5) is 11.2. The summed E-state index contributed by atoms with van der Waals surface area (Å²) in [6.07, 6.45) is 11.9. The van der Waals surface area contributed by atoms with Gasteiger partial charge in [-0.25, -0.2) is 0 Å². The zero-order valence-corrected chi connectivity index (χ0v) is 6.95. The van der Waals surface area contributed by atoms with Gasteiger partial charge >= 0.3 is 5.97 Å². The topological polar surface area (TPSA) is 26.3 Å². The van der Waals surface area contributed by atoms with Crippen molar-refractivity contribution in [1.82, 2.24) is 0 Å². The third-order valence-electron chi connectivity index (χ3n) is 1.85. The first-order chi connectivity index (χ1) is 5.84. The minimum atomic E-state index is -0.191. The monoisotopic (exact) mass is 164 g/mol. The predicted molar refractivity (Wildman–Crippen MR) is 46.3 cm³/mol. The third kappa shape index (κ3) is 2.43. The molecule has 0 fully saturated rings. The van der Waals surface area contributed by atoms with Crippen LogP contribution in [0.15, 0.2) is 12.2 Å². The Kier molecular flexibility index (Phi) is 3.40. The first kappa shape index (κ1) is 8.86. The predicted octanol–water partition coefficient (Wildman–Crippen LogP) is 1.52. The molecule has 0 aromatic rings. The average Bonchev–Trinajstić information content (AvgIpc) is 2.15. The van der Waals surface area contributed by atoms with Gasteiger partial charge < -0.3 is 4.74 Å². The van der Waals surface area contributed by atoms with Gasteiger partial charge in [0.2, 0.25) is 0 Å². The molecule has 0 aliphatic heterocycles. The molecule has 0 bridgehead atoms. The molecule has 0 aromatic heterocycles. The molecule has 1 rings (SSSR count). The first-order valence-corrected chi connectivity index (χ1v) is 4.11. The van der Waals surface area contributed by atoms with Crippen molar-refractivity contribution in [2.45, 2.75) is 19.3 Å². The van der Waals surface area contributed by atoms with Gasteiger partial charge in [-0.05, 0) is 19.3 Å². The minimum Gasteiger partial charge on any atom is -0.452 e. The van der Waals surface area contributed by atoms with E-state index in [0.29, 0.717) is 0 Å². The molecule has 1 unspecified atom stereocenters. The highest BCUT2D eigenvalue weighted by molar-refractivity contribution is 5.74. The molecule has 12 heavy (non-hydrogen) atoms. The molecule has 0 amide bonds. The first-order valence-electron chi connectivity index (χ1n) is 4.11. The van der Waals surface area contributed by atoms with E-state index in [0.717, 1.165) is 19.3 Å². The number of allylic oxidation sites excluding steroid dienone is 1. The number of esters is 1. The van der Waals surface area contributed by atoms with Gasteiger partial charge in [-0.3, -0.25) is 4.79 Å². The molecule has 2 nitrogen and oxygen atoms in total. The van der Waals surface area contributed by atoms with Gasteiger partial charge in [0.15, 0.2) is 6.61 Å². The number of terminal acetylenes is 1. The van der Waals surface area contributed by atoms with Crippen molar-refractivity contribution in [2.24, 2.45) is 5.92 Å². The molecular weight excluding hydrogens is 152 g/mol. The van der Waals surface area contributed by atoms with Crippen LogP contribution in [0, 0.1) is 18.3 Å². The lowest BCUT2D eigenvalue weighted by Gasteiger charge is -2.13. The van der Waals surface area contributed by atoms with Gasteiger partial charge in [0.25, 0.3) is 0 Å². The maximum Gasteiger partial charge on any atom is 0.313 e. The van der Waals surface area contributed by atoms with Crippen LogP contribution in [0.25, 0.3) is 0 Å². The van der Waals surface area contributed by atoms with E-state index in [4.69, 9.17) is 11.2 Å².